The summed E-state index contributed by atoms with van der Waals surface area (Å²) in [5, 5.41) is 19.8. The molecule has 0 bridgehead atoms. The van der Waals surface area contributed by atoms with E-state index in [4.69, 9.17) is 10.2 Å². The van der Waals surface area contributed by atoms with E-state index in [9.17, 15) is 9.59 Å². The average molecular weight is 213 g/mol. The zero-order valence-electron chi connectivity index (χ0n) is 8.04. The monoisotopic (exact) mass is 213 g/mol. The first-order chi connectivity index (χ1) is 7.00. The highest BCUT2D eigenvalue weighted by molar-refractivity contribution is 5.82. The van der Waals surface area contributed by atoms with Crippen molar-refractivity contribution in [2.24, 2.45) is 7.05 Å². The molecular weight excluding hydrogens is 202 g/mol. The molecule has 1 heterocycles. The number of carboxylic acids is 2. The normalized spacial score (nSPS) is 12.1. The molecule has 1 unspecified atom stereocenters. The molecule has 0 saturated heterocycles. The number of hydrogen-bond acceptors (Lipinski definition) is 4. The first-order valence-electron chi connectivity index (χ1n) is 4.19. The number of nitrogens with zero attached hydrogens (tertiary/aromatic N) is 2. The fraction of sp³-hybridized carbons (Fsp3) is 0.375. The van der Waals surface area contributed by atoms with Crippen molar-refractivity contribution < 1.29 is 19.8 Å². The summed E-state index contributed by atoms with van der Waals surface area (Å²) in [6.07, 6.45) is 2.62. The second kappa shape index (κ2) is 4.45. The fourth-order valence-electron chi connectivity index (χ4n) is 1.04. The van der Waals surface area contributed by atoms with Crippen molar-refractivity contribution in [1.29, 1.82) is 0 Å². The number of aryl methyl sites for hydroxylation is 1. The van der Waals surface area contributed by atoms with Crippen molar-refractivity contribution >= 4 is 17.9 Å². The van der Waals surface area contributed by atoms with Crippen LogP contribution in [-0.2, 0) is 16.6 Å². The van der Waals surface area contributed by atoms with E-state index in [-0.39, 0.29) is 0 Å². The van der Waals surface area contributed by atoms with Crippen LogP contribution >= 0.6 is 0 Å². The number of anilines is 1. The van der Waals surface area contributed by atoms with Crippen molar-refractivity contribution in [1.82, 2.24) is 9.55 Å². The Kier molecular flexibility index (Phi) is 3.27. The lowest BCUT2D eigenvalue weighted by Gasteiger charge is -2.12. The lowest BCUT2D eigenvalue weighted by atomic mass is 10.2. The molecule has 0 spiro atoms. The van der Waals surface area contributed by atoms with Crippen LogP contribution in [0.4, 0.5) is 5.95 Å². The van der Waals surface area contributed by atoms with E-state index in [1.807, 2.05) is 0 Å². The van der Waals surface area contributed by atoms with Gasteiger partial charge in [0.25, 0.3) is 0 Å². The van der Waals surface area contributed by atoms with Crippen LogP contribution in [0.1, 0.15) is 6.42 Å². The summed E-state index contributed by atoms with van der Waals surface area (Å²) in [5.41, 5.74) is 0. The number of rotatable bonds is 5. The number of carbonyl (C=O) groups is 2. The van der Waals surface area contributed by atoms with Gasteiger partial charge in [-0.25, -0.2) is 9.78 Å². The summed E-state index contributed by atoms with van der Waals surface area (Å²) in [6, 6.07) is -1.18. The molecular formula is C8H11N3O4. The highest BCUT2D eigenvalue weighted by Gasteiger charge is 2.21. The highest BCUT2D eigenvalue weighted by atomic mass is 16.4. The van der Waals surface area contributed by atoms with E-state index in [2.05, 4.69) is 10.3 Å². The van der Waals surface area contributed by atoms with Gasteiger partial charge in [0.1, 0.15) is 6.04 Å². The third-order valence-corrected chi connectivity index (χ3v) is 1.80. The second-order valence-corrected chi connectivity index (χ2v) is 2.99. The van der Waals surface area contributed by atoms with Crippen LogP contribution in [0.25, 0.3) is 0 Å². The van der Waals surface area contributed by atoms with Gasteiger partial charge in [-0.3, -0.25) is 4.79 Å². The van der Waals surface area contributed by atoms with Crippen molar-refractivity contribution in [3.05, 3.63) is 12.4 Å². The molecule has 15 heavy (non-hydrogen) atoms. The summed E-state index contributed by atoms with van der Waals surface area (Å²) in [4.78, 5) is 24.9. The van der Waals surface area contributed by atoms with Gasteiger partial charge in [-0.15, -0.1) is 0 Å². The lowest BCUT2D eigenvalue weighted by molar-refractivity contribution is -0.144. The standard InChI is InChI=1S/C8H11N3O4/c1-11-3-2-9-8(11)10-5(7(14)15)4-6(12)13/h2-3,5H,4H2,1H3,(H,9,10)(H,12,13)(H,14,15). The zero-order chi connectivity index (χ0) is 11.4. The number of imidazole rings is 1. The van der Waals surface area contributed by atoms with Gasteiger partial charge in [-0.1, -0.05) is 0 Å². The van der Waals surface area contributed by atoms with Crippen LogP contribution < -0.4 is 5.32 Å². The third kappa shape index (κ3) is 2.97. The van der Waals surface area contributed by atoms with Gasteiger partial charge in [0.05, 0.1) is 6.42 Å². The minimum absolute atomic E-state index is 0.323. The van der Waals surface area contributed by atoms with Crippen molar-refractivity contribution in [2.45, 2.75) is 12.5 Å². The molecule has 0 radical (unpaired) electrons. The van der Waals surface area contributed by atoms with Gasteiger partial charge in [-0.05, 0) is 0 Å². The molecule has 0 amide bonds. The molecule has 1 aromatic heterocycles. The number of aliphatic carboxylic acids is 2. The van der Waals surface area contributed by atoms with Crippen molar-refractivity contribution in [3.63, 3.8) is 0 Å². The minimum atomic E-state index is -1.22. The Bertz CT molecular complexity index is 374. The highest BCUT2D eigenvalue weighted by Crippen LogP contribution is 2.06. The summed E-state index contributed by atoms with van der Waals surface area (Å²) in [7, 11) is 1.68. The SMILES string of the molecule is Cn1ccnc1NC(CC(=O)O)C(=O)O. The van der Waals surface area contributed by atoms with E-state index >= 15 is 0 Å². The fourth-order valence-corrected chi connectivity index (χ4v) is 1.04. The topological polar surface area (TPSA) is 104 Å². The Hall–Kier alpha value is -2.05. The molecule has 0 aliphatic heterocycles. The van der Waals surface area contributed by atoms with Gasteiger partial charge >= 0.3 is 11.9 Å². The first kappa shape index (κ1) is 11.0. The number of carboxylic acid groups (broad SMARTS) is 2. The van der Waals surface area contributed by atoms with E-state index in [1.165, 1.54) is 6.20 Å². The summed E-state index contributed by atoms with van der Waals surface area (Å²) in [6.45, 7) is 0. The van der Waals surface area contributed by atoms with Gasteiger partial charge in [-0.2, -0.15) is 0 Å². The molecule has 1 aromatic rings. The Morgan fingerprint density at radius 2 is 2.27 bits per heavy atom. The average Bonchev–Trinajstić information content (AvgIpc) is 2.50. The third-order valence-electron chi connectivity index (χ3n) is 1.80. The number of aromatic nitrogens is 2. The van der Waals surface area contributed by atoms with E-state index in [0.29, 0.717) is 5.95 Å². The first-order valence-corrected chi connectivity index (χ1v) is 4.19. The predicted octanol–water partition coefficient (Wildman–Crippen LogP) is -0.240. The van der Waals surface area contributed by atoms with Gasteiger partial charge in [0.2, 0.25) is 5.95 Å². The van der Waals surface area contributed by atoms with Crippen molar-refractivity contribution in [3.8, 4) is 0 Å². The molecule has 1 atom stereocenters. The predicted molar refractivity (Wildman–Crippen MR) is 50.5 cm³/mol. The van der Waals surface area contributed by atoms with Crippen LogP contribution in [0.2, 0.25) is 0 Å². The molecule has 7 nitrogen and oxygen atoms in total. The van der Waals surface area contributed by atoms with E-state index < -0.39 is 24.4 Å². The second-order valence-electron chi connectivity index (χ2n) is 2.99. The van der Waals surface area contributed by atoms with Crippen LogP contribution in [0.5, 0.6) is 0 Å². The molecule has 3 N–H and O–H groups in total. The maximum absolute atomic E-state index is 10.7. The molecule has 0 aromatic carbocycles. The molecule has 0 aliphatic carbocycles. The summed E-state index contributed by atoms with van der Waals surface area (Å²) < 4.78 is 1.57. The molecule has 0 aliphatic rings. The number of hydrogen-bond donors (Lipinski definition) is 3. The van der Waals surface area contributed by atoms with Gasteiger partial charge < -0.3 is 20.1 Å². The van der Waals surface area contributed by atoms with Crippen LogP contribution in [0, 0.1) is 0 Å². The molecule has 7 heteroatoms. The van der Waals surface area contributed by atoms with Crippen LogP contribution in [-0.4, -0.2) is 37.7 Å². The van der Waals surface area contributed by atoms with E-state index in [1.54, 1.807) is 17.8 Å². The van der Waals surface area contributed by atoms with E-state index in [0.717, 1.165) is 0 Å². The molecule has 1 rings (SSSR count). The largest absolute Gasteiger partial charge is 0.481 e. The molecule has 82 valence electrons. The van der Waals surface area contributed by atoms with Crippen molar-refractivity contribution in [2.75, 3.05) is 5.32 Å². The maximum atomic E-state index is 10.7. The quantitative estimate of drug-likeness (QED) is 0.623. The Balaban J connectivity index is 2.71. The van der Waals surface area contributed by atoms with Gasteiger partial charge in [0.15, 0.2) is 0 Å². The number of nitrogens with one attached hydrogen (secondary N) is 1. The smallest absolute Gasteiger partial charge is 0.326 e. The summed E-state index contributed by atoms with van der Waals surface area (Å²) >= 11 is 0. The maximum Gasteiger partial charge on any atom is 0.326 e. The lowest BCUT2D eigenvalue weighted by Crippen LogP contribution is -2.32. The Morgan fingerprint density at radius 3 is 2.67 bits per heavy atom. The van der Waals surface area contributed by atoms with Crippen LogP contribution in [0.3, 0.4) is 0 Å². The molecule has 0 fully saturated rings. The Labute approximate surface area is 85.4 Å². The molecule has 0 saturated carbocycles. The Morgan fingerprint density at radius 1 is 1.60 bits per heavy atom. The zero-order valence-corrected chi connectivity index (χ0v) is 8.04. The minimum Gasteiger partial charge on any atom is -0.481 e. The van der Waals surface area contributed by atoms with Gasteiger partial charge in [0, 0.05) is 19.4 Å². The summed E-state index contributed by atoms with van der Waals surface area (Å²) in [5.74, 6) is -2.08. The van der Waals surface area contributed by atoms with Crippen LogP contribution in [0.15, 0.2) is 12.4 Å².